The van der Waals surface area contributed by atoms with Crippen molar-refractivity contribution in [2.45, 2.75) is 216 Å². The minimum absolute atomic E-state index is 0.0916. The third kappa shape index (κ3) is 10.1. The Kier molecular flexibility index (Phi) is 18.0. The minimum atomic E-state index is -1.93. The van der Waals surface area contributed by atoms with Gasteiger partial charge >= 0.3 is 5.97 Å². The Bertz CT molecular complexity index is 2130. The van der Waals surface area contributed by atoms with Gasteiger partial charge in [0.2, 0.25) is 0 Å². The van der Waals surface area contributed by atoms with Gasteiger partial charge in [0.15, 0.2) is 18.9 Å². The lowest BCUT2D eigenvalue weighted by Crippen LogP contribution is -2.67. The van der Waals surface area contributed by atoms with Crippen molar-refractivity contribution in [2.24, 2.45) is 44.3 Å². The van der Waals surface area contributed by atoms with E-state index < -0.39 is 188 Å². The van der Waals surface area contributed by atoms with Gasteiger partial charge in [0.25, 0.3) is 0 Å². The molecule has 77 heavy (non-hydrogen) atoms. The predicted octanol–water partition coefficient (Wildman–Crippen LogP) is -3.90. The molecule has 0 aromatic carbocycles. The first-order valence-electron chi connectivity index (χ1n) is 27.2. The summed E-state index contributed by atoms with van der Waals surface area (Å²) < 4.78 is 40.3. The molecule has 0 radical (unpaired) electrons. The van der Waals surface area contributed by atoms with Crippen LogP contribution < -0.4 is 0 Å². The van der Waals surface area contributed by atoms with Crippen molar-refractivity contribution in [1.29, 1.82) is 0 Å². The zero-order valence-corrected chi connectivity index (χ0v) is 44.7. The number of allylic oxidation sites excluding steroid dienone is 3. The fourth-order valence-electron chi connectivity index (χ4n) is 15.3. The molecule has 0 aromatic heterocycles. The van der Waals surface area contributed by atoms with Gasteiger partial charge in [0, 0.05) is 16.2 Å². The molecule has 6 fully saturated rings. The van der Waals surface area contributed by atoms with Gasteiger partial charge < -0.3 is 115 Å². The summed E-state index contributed by atoms with van der Waals surface area (Å²) in [4.78, 5) is 14.1. The van der Waals surface area contributed by atoms with Gasteiger partial charge in [-0.1, -0.05) is 45.4 Å². The lowest BCUT2D eigenvalue weighted by Gasteiger charge is -2.70. The topological polar surface area (TPSA) is 405 Å². The molecule has 3 heterocycles. The van der Waals surface area contributed by atoms with Gasteiger partial charge in [0.05, 0.1) is 56.8 Å². The normalized spacial score (nSPS) is 51.1. The first-order valence-corrected chi connectivity index (χ1v) is 27.2. The second-order valence-corrected chi connectivity index (χ2v) is 24.9. The molecule has 24 nitrogen and oxygen atoms in total. The quantitative estimate of drug-likeness (QED) is 0.0519. The van der Waals surface area contributed by atoms with Crippen LogP contribution in [0.1, 0.15) is 92.9 Å². The van der Waals surface area contributed by atoms with E-state index in [4.69, 9.17) is 33.2 Å². The molecule has 0 aromatic rings. The Labute approximate surface area is 447 Å². The van der Waals surface area contributed by atoms with E-state index in [-0.39, 0.29) is 44.3 Å². The van der Waals surface area contributed by atoms with Crippen LogP contribution in [0, 0.1) is 44.3 Å². The van der Waals surface area contributed by atoms with Crippen LogP contribution in [-0.4, -0.2) is 250 Å². The maximum Gasteiger partial charge on any atom is 0.312 e. The Hall–Kier alpha value is -1.93. The molecule has 442 valence electrons. The highest BCUT2D eigenvalue weighted by Crippen LogP contribution is 2.74. The summed E-state index contributed by atoms with van der Waals surface area (Å²) in [5.41, 5.74) is -3.23. The van der Waals surface area contributed by atoms with Crippen LogP contribution in [0.25, 0.3) is 0 Å². The van der Waals surface area contributed by atoms with Gasteiger partial charge in [-0.25, -0.2) is 0 Å². The molecular formula is C53H86O24. The Morgan fingerprint density at radius 3 is 1.88 bits per heavy atom. The number of rotatable bonds is 16. The van der Waals surface area contributed by atoms with Crippen LogP contribution in [0.5, 0.6) is 0 Å². The number of fused-ring (bicyclic) bond motifs is 6. The van der Waals surface area contributed by atoms with Crippen molar-refractivity contribution in [2.75, 3.05) is 39.6 Å². The lowest BCUT2D eigenvalue weighted by molar-refractivity contribution is -0.367. The van der Waals surface area contributed by atoms with Crippen molar-refractivity contribution in [3.05, 3.63) is 23.3 Å². The number of carbonyl (C=O) groups excluding carboxylic acids is 1. The van der Waals surface area contributed by atoms with E-state index in [1.807, 2.05) is 6.92 Å². The number of ether oxygens (including phenoxy) is 7. The van der Waals surface area contributed by atoms with Crippen molar-refractivity contribution >= 4 is 5.97 Å². The van der Waals surface area contributed by atoms with Crippen molar-refractivity contribution in [3.63, 3.8) is 0 Å². The number of hydrogen-bond acceptors (Lipinski definition) is 24. The molecular weight excluding hydrogens is 1020 g/mol. The van der Waals surface area contributed by atoms with Gasteiger partial charge in [-0.3, -0.25) is 4.79 Å². The summed E-state index contributed by atoms with van der Waals surface area (Å²) in [5.74, 6) is -0.991. The van der Waals surface area contributed by atoms with Gasteiger partial charge in [-0.2, -0.15) is 0 Å². The third-order valence-electron chi connectivity index (χ3n) is 20.6. The summed E-state index contributed by atoms with van der Waals surface area (Å²) >= 11 is 0. The van der Waals surface area contributed by atoms with Crippen molar-refractivity contribution < 1.29 is 120 Å². The van der Waals surface area contributed by atoms with Crippen LogP contribution in [0.15, 0.2) is 23.3 Å². The predicted molar refractivity (Wildman–Crippen MR) is 262 cm³/mol. The Balaban J connectivity index is 0.974. The molecule has 0 spiro atoms. The average Bonchev–Trinajstić information content (AvgIpc) is 3.55. The zero-order valence-electron chi connectivity index (χ0n) is 44.7. The number of carbonyl (C=O) groups is 1. The molecule has 0 unspecified atom stereocenters. The molecule has 3 saturated carbocycles. The molecule has 16 N–H and O–H groups in total. The molecule has 24 heteroatoms. The maximum atomic E-state index is 14.1. The van der Waals surface area contributed by atoms with Gasteiger partial charge in [-0.15, -0.1) is 0 Å². The zero-order chi connectivity index (χ0) is 56.7. The number of aliphatic hydroxyl groups excluding tert-OH is 16. The van der Waals surface area contributed by atoms with Gasteiger partial charge in [-0.05, 0) is 93.5 Å². The second kappa shape index (κ2) is 22.7. The van der Waals surface area contributed by atoms with Crippen molar-refractivity contribution in [3.8, 4) is 0 Å². The van der Waals surface area contributed by atoms with E-state index in [1.165, 1.54) is 0 Å². The van der Waals surface area contributed by atoms with Crippen LogP contribution in [0.3, 0.4) is 0 Å². The summed E-state index contributed by atoms with van der Waals surface area (Å²) in [5, 5.41) is 171. The highest BCUT2D eigenvalue weighted by Gasteiger charge is 2.69. The number of esters is 1. The second-order valence-electron chi connectivity index (χ2n) is 24.9. The standard InChI is InChI=1S/C53H86O24/c1-23-34(61)43(77-45-41(68)39(66)37(64)29(18-55)75-45)42(69)46(73-23)76-33-10-11-49(3)30(50(33,4)21-56)9-12-51(5)31(49)8-7-24-25-15-48(2,13-14-53(25,22-57)32(60)16-52(24,51)6)47(70)72-20-27(59)35(62)26(58)19-71-44-40(67)38(65)36(63)28(17-54)74-44/h7-8,23,26-46,54-69H,9-22H2,1-6H3/t23-,26-,27+,28-,29-,30-,31-,32-,33+,34+,35-,36-,37-,38+,39+,40-,41-,42-,43+,44-,45+,46+,48-,49+,50+,51-,52-,53-/m1/s1. The Morgan fingerprint density at radius 2 is 1.27 bits per heavy atom. The summed E-state index contributed by atoms with van der Waals surface area (Å²) in [7, 11) is 0. The number of hydrogen-bond donors (Lipinski definition) is 16. The first kappa shape index (κ1) is 61.1. The van der Waals surface area contributed by atoms with Crippen LogP contribution in [0.4, 0.5) is 0 Å². The fourth-order valence-corrected chi connectivity index (χ4v) is 15.3. The highest BCUT2D eigenvalue weighted by atomic mass is 16.7. The average molecular weight is 1110 g/mol. The van der Waals surface area contributed by atoms with E-state index in [0.717, 1.165) is 11.1 Å². The molecule has 5 aliphatic carbocycles. The molecule has 0 bridgehead atoms. The lowest BCUT2D eigenvalue weighted by atomic mass is 9.35. The highest BCUT2D eigenvalue weighted by molar-refractivity contribution is 5.77. The Morgan fingerprint density at radius 1 is 0.675 bits per heavy atom. The summed E-state index contributed by atoms with van der Waals surface area (Å²) in [6.07, 6.45) is -23.1. The molecule has 28 atom stereocenters. The smallest absolute Gasteiger partial charge is 0.312 e. The van der Waals surface area contributed by atoms with E-state index in [0.29, 0.717) is 32.1 Å². The van der Waals surface area contributed by atoms with Crippen LogP contribution >= 0.6 is 0 Å². The number of aliphatic hydroxyl groups is 16. The third-order valence-corrected chi connectivity index (χ3v) is 20.6. The fraction of sp³-hybridized carbons (Fsp3) is 0.906. The van der Waals surface area contributed by atoms with E-state index in [2.05, 4.69) is 32.9 Å². The largest absolute Gasteiger partial charge is 0.462 e. The summed E-state index contributed by atoms with van der Waals surface area (Å²) in [6, 6.07) is 0. The molecule has 8 aliphatic rings. The van der Waals surface area contributed by atoms with E-state index in [9.17, 15) is 86.5 Å². The van der Waals surface area contributed by atoms with Crippen LogP contribution in [-0.2, 0) is 38.0 Å². The minimum Gasteiger partial charge on any atom is -0.462 e. The van der Waals surface area contributed by atoms with Gasteiger partial charge in [0.1, 0.15) is 92.1 Å². The molecule has 3 aliphatic heterocycles. The van der Waals surface area contributed by atoms with Crippen LogP contribution in [0.2, 0.25) is 0 Å². The summed E-state index contributed by atoms with van der Waals surface area (Å²) in [6.45, 7) is 8.19. The van der Waals surface area contributed by atoms with E-state index in [1.54, 1.807) is 13.8 Å². The van der Waals surface area contributed by atoms with Crippen molar-refractivity contribution in [1.82, 2.24) is 0 Å². The molecule has 0 amide bonds. The first-order chi connectivity index (χ1) is 36.1. The monoisotopic (exact) mass is 1110 g/mol. The van der Waals surface area contributed by atoms with E-state index >= 15 is 0 Å². The SMILES string of the molecule is C[C@H]1O[C@@H](O[C@H]2CC[C@@]3(C)[C@@H](CC[C@]4(C)[C@@H]3C=CC3=C5C[C@](C)(C(=O)OC[C@H](O)[C@H](O)[C@H](O)CO[C@@H]6O[C@H](CO)[C@@H](O)[C@H](O)[C@H]6O)CC[C@]5(CO)[C@H](O)C[C@]34C)[C@]2(C)CO)[C@H](O)[C@@H](O[C@@H]2O[C@H](CO)[C@@H](O)[C@H](O)[C@H]2O)[C@H]1O. The maximum absolute atomic E-state index is 14.1. The molecule has 3 saturated heterocycles. The molecule has 8 rings (SSSR count).